The van der Waals surface area contributed by atoms with Crippen LogP contribution in [0.25, 0.3) is 0 Å². The lowest BCUT2D eigenvalue weighted by molar-refractivity contribution is -0.139. The third kappa shape index (κ3) is 5.18. The number of nitrogens with one attached hydrogen (secondary N) is 1. The van der Waals surface area contributed by atoms with E-state index in [9.17, 15) is 9.59 Å². The number of amides is 2. The molecular weight excluding hydrogens is 236 g/mol. The molecule has 0 spiro atoms. The Morgan fingerprint density at radius 1 is 1.44 bits per heavy atom. The molecule has 18 heavy (non-hydrogen) atoms. The van der Waals surface area contributed by atoms with E-state index in [2.05, 4.69) is 11.9 Å². The van der Waals surface area contributed by atoms with Crippen molar-refractivity contribution < 1.29 is 19.8 Å². The predicted molar refractivity (Wildman–Crippen MR) is 68.3 cm³/mol. The lowest BCUT2D eigenvalue weighted by Gasteiger charge is -2.35. The van der Waals surface area contributed by atoms with E-state index in [0.29, 0.717) is 6.54 Å². The molecule has 2 amide bonds. The van der Waals surface area contributed by atoms with Crippen LogP contribution in [0.1, 0.15) is 27.2 Å². The van der Waals surface area contributed by atoms with Crippen LogP contribution >= 0.6 is 0 Å². The van der Waals surface area contributed by atoms with Crippen molar-refractivity contribution in [3.05, 3.63) is 12.7 Å². The summed E-state index contributed by atoms with van der Waals surface area (Å²) in [5.41, 5.74) is -0.444. The van der Waals surface area contributed by atoms with Gasteiger partial charge in [0.2, 0.25) is 0 Å². The molecule has 0 saturated carbocycles. The van der Waals surface area contributed by atoms with Crippen LogP contribution in [0.5, 0.6) is 0 Å². The Hall–Kier alpha value is -1.56. The molecule has 0 saturated heterocycles. The van der Waals surface area contributed by atoms with E-state index in [-0.39, 0.29) is 13.0 Å². The van der Waals surface area contributed by atoms with Gasteiger partial charge in [0, 0.05) is 25.1 Å². The topological polar surface area (TPSA) is 89.9 Å². The Bertz CT molecular complexity index is 310. The summed E-state index contributed by atoms with van der Waals surface area (Å²) in [4.78, 5) is 24.4. The number of carboxylic acid groups (broad SMARTS) is 1. The maximum atomic E-state index is 12.0. The van der Waals surface area contributed by atoms with Crippen molar-refractivity contribution in [1.82, 2.24) is 10.2 Å². The van der Waals surface area contributed by atoms with Crippen LogP contribution in [-0.4, -0.2) is 51.8 Å². The minimum Gasteiger partial charge on any atom is -0.480 e. The van der Waals surface area contributed by atoms with Gasteiger partial charge in [0.05, 0.1) is 0 Å². The lowest BCUT2D eigenvalue weighted by Crippen LogP contribution is -2.54. The second kappa shape index (κ2) is 7.00. The number of carbonyl (C=O) groups is 2. The van der Waals surface area contributed by atoms with Crippen LogP contribution < -0.4 is 5.32 Å². The summed E-state index contributed by atoms with van der Waals surface area (Å²) in [6.45, 7) is 9.13. The average molecular weight is 258 g/mol. The molecule has 0 heterocycles. The first kappa shape index (κ1) is 16.4. The molecule has 3 N–H and O–H groups in total. The summed E-state index contributed by atoms with van der Waals surface area (Å²) >= 11 is 0. The molecule has 1 atom stereocenters. The zero-order valence-corrected chi connectivity index (χ0v) is 11.1. The molecule has 0 aliphatic carbocycles. The fourth-order valence-corrected chi connectivity index (χ4v) is 1.40. The van der Waals surface area contributed by atoms with E-state index in [1.807, 2.05) is 20.8 Å². The number of aliphatic carboxylic acids is 1. The minimum absolute atomic E-state index is 0.0207. The van der Waals surface area contributed by atoms with E-state index in [4.69, 9.17) is 10.2 Å². The van der Waals surface area contributed by atoms with Crippen molar-refractivity contribution in [2.45, 2.75) is 38.8 Å². The number of urea groups is 1. The first-order valence-electron chi connectivity index (χ1n) is 5.76. The van der Waals surface area contributed by atoms with Gasteiger partial charge in [-0.2, -0.15) is 0 Å². The second-order valence-corrected chi connectivity index (χ2v) is 4.92. The molecule has 0 aliphatic heterocycles. The summed E-state index contributed by atoms with van der Waals surface area (Å²) in [7, 11) is 0. The van der Waals surface area contributed by atoms with E-state index in [1.54, 1.807) is 6.08 Å². The summed E-state index contributed by atoms with van der Waals surface area (Å²) in [5, 5.41) is 20.0. The van der Waals surface area contributed by atoms with Crippen LogP contribution in [0.2, 0.25) is 0 Å². The molecule has 0 rings (SSSR count). The predicted octanol–water partition coefficient (Wildman–Crippen LogP) is 0.818. The Morgan fingerprint density at radius 2 is 2.00 bits per heavy atom. The van der Waals surface area contributed by atoms with Gasteiger partial charge in [0.15, 0.2) is 0 Å². The zero-order valence-electron chi connectivity index (χ0n) is 11.1. The van der Waals surface area contributed by atoms with Crippen molar-refractivity contribution in [2.75, 3.05) is 13.2 Å². The molecule has 6 heteroatoms. The fraction of sp³-hybridized carbons (Fsp3) is 0.667. The number of aliphatic hydroxyl groups excluding tert-OH is 1. The molecule has 0 aromatic heterocycles. The Morgan fingerprint density at radius 3 is 2.33 bits per heavy atom. The van der Waals surface area contributed by atoms with Gasteiger partial charge in [-0.1, -0.05) is 6.08 Å². The van der Waals surface area contributed by atoms with Gasteiger partial charge in [-0.15, -0.1) is 6.58 Å². The van der Waals surface area contributed by atoms with Gasteiger partial charge < -0.3 is 20.4 Å². The van der Waals surface area contributed by atoms with Crippen LogP contribution in [0.4, 0.5) is 4.79 Å². The highest BCUT2D eigenvalue weighted by Crippen LogP contribution is 2.13. The number of nitrogens with zero attached hydrogens (tertiary/aromatic N) is 1. The van der Waals surface area contributed by atoms with E-state index >= 15 is 0 Å². The first-order valence-corrected chi connectivity index (χ1v) is 5.76. The Balaban J connectivity index is 4.77. The number of hydrogen-bond donors (Lipinski definition) is 3. The second-order valence-electron chi connectivity index (χ2n) is 4.92. The van der Waals surface area contributed by atoms with Gasteiger partial charge in [0.25, 0.3) is 0 Å². The smallest absolute Gasteiger partial charge is 0.326 e. The number of hydrogen-bond acceptors (Lipinski definition) is 3. The third-order valence-electron chi connectivity index (χ3n) is 2.38. The molecular formula is C12H22N2O4. The molecule has 104 valence electrons. The van der Waals surface area contributed by atoms with E-state index < -0.39 is 23.6 Å². The van der Waals surface area contributed by atoms with Crippen LogP contribution in [0.3, 0.4) is 0 Å². The first-order chi connectivity index (χ1) is 8.23. The van der Waals surface area contributed by atoms with Crippen molar-refractivity contribution in [3.63, 3.8) is 0 Å². The van der Waals surface area contributed by atoms with Crippen LogP contribution in [-0.2, 0) is 4.79 Å². The maximum absolute atomic E-state index is 12.0. The molecule has 1 unspecified atom stereocenters. The van der Waals surface area contributed by atoms with Crippen LogP contribution in [0, 0.1) is 0 Å². The summed E-state index contributed by atoms with van der Waals surface area (Å²) in [6, 6.07) is -1.57. The van der Waals surface area contributed by atoms with E-state index in [1.165, 1.54) is 4.90 Å². The number of aliphatic hydroxyl groups is 1. The van der Waals surface area contributed by atoms with Crippen molar-refractivity contribution >= 4 is 12.0 Å². The zero-order chi connectivity index (χ0) is 14.3. The largest absolute Gasteiger partial charge is 0.480 e. The van der Waals surface area contributed by atoms with Crippen molar-refractivity contribution in [3.8, 4) is 0 Å². The fourth-order valence-electron chi connectivity index (χ4n) is 1.40. The molecule has 6 nitrogen and oxygen atoms in total. The molecule has 0 radical (unpaired) electrons. The lowest BCUT2D eigenvalue weighted by atomic mass is 10.1. The van der Waals surface area contributed by atoms with Gasteiger partial charge in [-0.05, 0) is 20.8 Å². The summed E-state index contributed by atoms with van der Waals surface area (Å²) in [5.74, 6) is -1.16. The molecule has 0 aliphatic rings. The monoisotopic (exact) mass is 258 g/mol. The van der Waals surface area contributed by atoms with Gasteiger partial charge in [-0.25, -0.2) is 9.59 Å². The Kier molecular flexibility index (Phi) is 6.40. The number of rotatable bonds is 6. The van der Waals surface area contributed by atoms with E-state index in [0.717, 1.165) is 0 Å². The van der Waals surface area contributed by atoms with Gasteiger partial charge in [-0.3, -0.25) is 0 Å². The summed E-state index contributed by atoms with van der Waals surface area (Å²) < 4.78 is 0. The quantitative estimate of drug-likeness (QED) is 0.615. The highest BCUT2D eigenvalue weighted by Gasteiger charge is 2.28. The standard InChI is InChI=1S/C12H22N2O4/c1-5-7-14(12(2,3)4)11(18)13-9(6-8-15)10(16)17/h5,9,15H,1,6-8H2,2-4H3,(H,13,18)(H,16,17). The maximum Gasteiger partial charge on any atom is 0.326 e. The SMILES string of the molecule is C=CCN(C(=O)NC(CCO)C(=O)O)C(C)(C)C. The van der Waals surface area contributed by atoms with Crippen LogP contribution in [0.15, 0.2) is 12.7 Å². The molecule has 0 bridgehead atoms. The van der Waals surface area contributed by atoms with Crippen molar-refractivity contribution in [1.29, 1.82) is 0 Å². The highest BCUT2D eigenvalue weighted by molar-refractivity contribution is 5.83. The third-order valence-corrected chi connectivity index (χ3v) is 2.38. The molecule has 0 aromatic rings. The van der Waals surface area contributed by atoms with Crippen molar-refractivity contribution in [2.24, 2.45) is 0 Å². The summed E-state index contributed by atoms with van der Waals surface area (Å²) in [6.07, 6.45) is 1.56. The average Bonchev–Trinajstić information content (AvgIpc) is 2.23. The highest BCUT2D eigenvalue weighted by atomic mass is 16.4. The Labute approximate surface area is 107 Å². The number of carboxylic acids is 1. The van der Waals surface area contributed by atoms with Gasteiger partial charge >= 0.3 is 12.0 Å². The number of carbonyl (C=O) groups excluding carboxylic acids is 1. The van der Waals surface area contributed by atoms with Gasteiger partial charge in [0.1, 0.15) is 6.04 Å². The normalized spacial score (nSPS) is 12.7. The minimum atomic E-state index is -1.16. The molecule has 0 fully saturated rings. The molecule has 0 aromatic carbocycles.